The highest BCUT2D eigenvalue weighted by Crippen LogP contribution is 2.34. The molecule has 0 saturated heterocycles. The second kappa shape index (κ2) is 5.97. The number of rotatable bonds is 5. The highest BCUT2D eigenvalue weighted by atomic mass is 33.1. The van der Waals surface area contributed by atoms with Crippen LogP contribution in [0.5, 0.6) is 0 Å². The molecule has 0 bridgehead atoms. The van der Waals surface area contributed by atoms with Crippen molar-refractivity contribution in [2.45, 2.75) is 30.5 Å². The van der Waals surface area contributed by atoms with Crippen molar-refractivity contribution in [3.05, 3.63) is 28.4 Å². The molecule has 0 aliphatic heterocycles. The van der Waals surface area contributed by atoms with Crippen LogP contribution in [0.15, 0.2) is 23.4 Å². The maximum absolute atomic E-state index is 10.4. The van der Waals surface area contributed by atoms with Crippen LogP contribution in [0.25, 0.3) is 0 Å². The van der Waals surface area contributed by atoms with E-state index in [-0.39, 0.29) is 5.69 Å². The molecule has 82 valence electrons. The summed E-state index contributed by atoms with van der Waals surface area (Å²) in [6.45, 7) is 4.27. The van der Waals surface area contributed by atoms with Crippen LogP contribution in [0.2, 0.25) is 0 Å². The fourth-order valence-electron chi connectivity index (χ4n) is 0.729. The van der Waals surface area contributed by atoms with Gasteiger partial charge >= 0.3 is 0 Å². The summed E-state index contributed by atoms with van der Waals surface area (Å²) in [6, 6.07) is 3.16. The van der Waals surface area contributed by atoms with Gasteiger partial charge in [-0.2, -0.15) is 0 Å². The maximum atomic E-state index is 10.4. The Morgan fingerprint density at radius 2 is 2.33 bits per heavy atom. The Balaban J connectivity index is 2.53. The van der Waals surface area contributed by atoms with Crippen LogP contribution in [0.4, 0.5) is 5.69 Å². The van der Waals surface area contributed by atoms with Gasteiger partial charge in [0.1, 0.15) is 11.2 Å². The Hall–Kier alpha value is -0.750. The zero-order valence-corrected chi connectivity index (χ0v) is 10.2. The third kappa shape index (κ3) is 4.09. The van der Waals surface area contributed by atoms with Gasteiger partial charge in [0.15, 0.2) is 0 Å². The van der Waals surface area contributed by atoms with Crippen LogP contribution in [0.3, 0.4) is 0 Å². The van der Waals surface area contributed by atoms with Gasteiger partial charge < -0.3 is 0 Å². The molecule has 1 aromatic rings. The molecular formula is C9H12N2O2S2. The average molecular weight is 244 g/mol. The lowest BCUT2D eigenvalue weighted by atomic mass is 10.4. The van der Waals surface area contributed by atoms with Gasteiger partial charge in [0.05, 0.1) is 4.92 Å². The van der Waals surface area contributed by atoms with E-state index in [0.717, 1.165) is 11.4 Å². The summed E-state index contributed by atoms with van der Waals surface area (Å²) in [5.74, 6) is 0. The summed E-state index contributed by atoms with van der Waals surface area (Å²) in [7, 11) is 3.28. The third-order valence-corrected chi connectivity index (χ3v) is 4.76. The first kappa shape index (κ1) is 12.3. The van der Waals surface area contributed by atoms with E-state index in [2.05, 4.69) is 18.8 Å². The van der Waals surface area contributed by atoms with Gasteiger partial charge in [-0.15, -0.1) is 0 Å². The smallest absolute Gasteiger partial charge is 0.258 e. The number of aromatic nitrogens is 1. The molecule has 15 heavy (non-hydrogen) atoms. The normalized spacial score (nSPS) is 12.4. The first-order chi connectivity index (χ1) is 7.13. The van der Waals surface area contributed by atoms with Crippen LogP contribution in [0.1, 0.15) is 20.3 Å². The molecule has 0 saturated carbocycles. The van der Waals surface area contributed by atoms with E-state index in [1.54, 1.807) is 27.7 Å². The Labute approximate surface area is 96.4 Å². The van der Waals surface area contributed by atoms with E-state index in [1.165, 1.54) is 12.3 Å². The first-order valence-corrected chi connectivity index (χ1v) is 6.78. The largest absolute Gasteiger partial charge is 0.287 e. The van der Waals surface area contributed by atoms with E-state index in [9.17, 15) is 10.1 Å². The van der Waals surface area contributed by atoms with Crippen LogP contribution in [-0.2, 0) is 0 Å². The molecule has 0 fully saturated rings. The number of pyridine rings is 1. The highest BCUT2D eigenvalue weighted by Gasteiger charge is 2.06. The van der Waals surface area contributed by atoms with Crippen molar-refractivity contribution >= 4 is 27.3 Å². The molecule has 1 heterocycles. The first-order valence-electron chi connectivity index (χ1n) is 4.57. The zero-order valence-electron chi connectivity index (χ0n) is 8.54. The lowest BCUT2D eigenvalue weighted by Crippen LogP contribution is -1.90. The summed E-state index contributed by atoms with van der Waals surface area (Å²) in [4.78, 5) is 13.9. The van der Waals surface area contributed by atoms with Crippen molar-refractivity contribution in [1.29, 1.82) is 0 Å². The molecule has 0 amide bonds. The summed E-state index contributed by atoms with van der Waals surface area (Å²) in [6.07, 6.45) is 2.39. The van der Waals surface area contributed by atoms with Gasteiger partial charge in [-0.05, 0) is 23.3 Å². The third-order valence-electron chi connectivity index (χ3n) is 1.80. The molecule has 1 atom stereocenters. The number of hydrogen-bond donors (Lipinski definition) is 0. The average Bonchev–Trinajstić information content (AvgIpc) is 2.26. The highest BCUT2D eigenvalue weighted by molar-refractivity contribution is 8.76. The van der Waals surface area contributed by atoms with E-state index >= 15 is 0 Å². The summed E-state index contributed by atoms with van der Waals surface area (Å²) < 4.78 is 0. The molecule has 0 aromatic carbocycles. The Morgan fingerprint density at radius 1 is 1.60 bits per heavy atom. The molecule has 0 aliphatic carbocycles. The lowest BCUT2D eigenvalue weighted by molar-refractivity contribution is -0.385. The predicted octanol–water partition coefficient (Wildman–Crippen LogP) is 3.53. The van der Waals surface area contributed by atoms with E-state index in [0.29, 0.717) is 5.25 Å². The number of hydrogen-bond acceptors (Lipinski definition) is 5. The summed E-state index contributed by atoms with van der Waals surface area (Å²) in [5.41, 5.74) is 0.0351. The van der Waals surface area contributed by atoms with E-state index in [4.69, 9.17) is 0 Å². The monoisotopic (exact) mass is 244 g/mol. The second-order valence-corrected chi connectivity index (χ2v) is 5.67. The zero-order chi connectivity index (χ0) is 11.3. The van der Waals surface area contributed by atoms with Crippen molar-refractivity contribution in [2.24, 2.45) is 0 Å². The fourth-order valence-corrected chi connectivity index (χ4v) is 2.84. The van der Waals surface area contributed by atoms with Crippen molar-refractivity contribution < 1.29 is 4.92 Å². The fraction of sp³-hybridized carbons (Fsp3) is 0.444. The minimum Gasteiger partial charge on any atom is -0.258 e. The van der Waals surface area contributed by atoms with Crippen LogP contribution < -0.4 is 0 Å². The van der Waals surface area contributed by atoms with Gasteiger partial charge in [0.2, 0.25) is 0 Å². The second-order valence-electron chi connectivity index (χ2n) is 3.01. The maximum Gasteiger partial charge on any atom is 0.287 e. The van der Waals surface area contributed by atoms with Crippen molar-refractivity contribution in [3.8, 4) is 0 Å². The lowest BCUT2D eigenvalue weighted by Gasteiger charge is -2.05. The van der Waals surface area contributed by atoms with Gasteiger partial charge in [0.25, 0.3) is 5.69 Å². The molecule has 1 unspecified atom stereocenters. The van der Waals surface area contributed by atoms with Crippen LogP contribution in [0, 0.1) is 10.1 Å². The van der Waals surface area contributed by atoms with Crippen molar-refractivity contribution in [3.63, 3.8) is 0 Å². The summed E-state index contributed by atoms with van der Waals surface area (Å²) in [5, 5.41) is 11.8. The molecule has 1 rings (SSSR count). The standard InChI is InChI=1S/C9H12N2O2S2/c1-3-7(2)14-15-9-5-4-8(6-10-9)11(12)13/h4-7H,3H2,1-2H3. The van der Waals surface area contributed by atoms with Crippen molar-refractivity contribution in [1.82, 2.24) is 4.98 Å². The number of nitrogens with zero attached hydrogens (tertiary/aromatic N) is 2. The molecule has 0 N–H and O–H groups in total. The van der Waals surface area contributed by atoms with Crippen LogP contribution in [-0.4, -0.2) is 15.2 Å². The Kier molecular flexibility index (Phi) is 4.90. The van der Waals surface area contributed by atoms with Gasteiger partial charge in [-0.25, -0.2) is 4.98 Å². The van der Waals surface area contributed by atoms with E-state index in [1.807, 2.05) is 0 Å². The van der Waals surface area contributed by atoms with Gasteiger partial charge in [0, 0.05) is 11.3 Å². The topological polar surface area (TPSA) is 56.0 Å². The molecule has 1 aromatic heterocycles. The minimum atomic E-state index is -0.441. The molecule has 0 radical (unpaired) electrons. The van der Waals surface area contributed by atoms with Crippen LogP contribution >= 0.6 is 21.6 Å². The predicted molar refractivity (Wildman–Crippen MR) is 64.1 cm³/mol. The van der Waals surface area contributed by atoms with Gasteiger partial charge in [-0.1, -0.05) is 24.6 Å². The van der Waals surface area contributed by atoms with E-state index < -0.39 is 4.92 Å². The SMILES string of the molecule is CCC(C)SSc1ccc([N+](=O)[O-])cn1. The molecule has 0 aliphatic rings. The number of nitro groups is 1. The molecule has 0 spiro atoms. The Bertz CT molecular complexity index is 329. The molecule has 6 heteroatoms. The summed E-state index contributed by atoms with van der Waals surface area (Å²) >= 11 is 0. The molecule has 4 nitrogen and oxygen atoms in total. The van der Waals surface area contributed by atoms with Gasteiger partial charge in [-0.3, -0.25) is 10.1 Å². The molecular weight excluding hydrogens is 232 g/mol. The van der Waals surface area contributed by atoms with Crippen molar-refractivity contribution in [2.75, 3.05) is 0 Å². The minimum absolute atomic E-state index is 0.0351. The quantitative estimate of drug-likeness (QED) is 0.450. The Morgan fingerprint density at radius 3 is 2.80 bits per heavy atom.